The molecule has 2 rings (SSSR count). The number of nitrogens with one attached hydrogen (secondary N) is 1. The molecule has 1 N–H and O–H groups in total. The lowest BCUT2D eigenvalue weighted by Crippen LogP contribution is -2.12. The zero-order valence-electron chi connectivity index (χ0n) is 8.18. The standard InChI is InChI=1S/C10H12N2O2.ClH/c13-12(14)9-4-1-3-8(7-9)10-5-2-6-11-10;/h1,3-4,7,10-11H,2,5-6H2;1H/t10-;/m1./s1. The predicted octanol–water partition coefficient (Wildman–Crippen LogP) is 2.44. The van der Waals surface area contributed by atoms with E-state index in [9.17, 15) is 10.1 Å². The fourth-order valence-electron chi connectivity index (χ4n) is 1.82. The van der Waals surface area contributed by atoms with E-state index in [1.165, 1.54) is 6.07 Å². The van der Waals surface area contributed by atoms with Crippen LogP contribution in [0, 0.1) is 10.1 Å². The maximum Gasteiger partial charge on any atom is 0.269 e. The molecular formula is C10H13ClN2O2. The Labute approximate surface area is 94.2 Å². The average Bonchev–Trinajstić information content (AvgIpc) is 2.71. The zero-order valence-corrected chi connectivity index (χ0v) is 9.00. The molecule has 0 radical (unpaired) electrons. The Kier molecular flexibility index (Phi) is 4.05. The van der Waals surface area contributed by atoms with Gasteiger partial charge >= 0.3 is 0 Å². The molecule has 1 atom stereocenters. The van der Waals surface area contributed by atoms with E-state index < -0.39 is 0 Å². The summed E-state index contributed by atoms with van der Waals surface area (Å²) in [4.78, 5) is 10.2. The number of non-ortho nitro benzene ring substituents is 1. The number of hydrogen-bond acceptors (Lipinski definition) is 3. The largest absolute Gasteiger partial charge is 0.310 e. The van der Waals surface area contributed by atoms with E-state index in [0.717, 1.165) is 24.9 Å². The predicted molar refractivity (Wildman–Crippen MR) is 60.3 cm³/mol. The molecule has 5 heteroatoms. The summed E-state index contributed by atoms with van der Waals surface area (Å²) >= 11 is 0. The van der Waals surface area contributed by atoms with E-state index in [4.69, 9.17) is 0 Å². The number of halogens is 1. The van der Waals surface area contributed by atoms with Crippen molar-refractivity contribution in [2.75, 3.05) is 6.54 Å². The van der Waals surface area contributed by atoms with E-state index in [1.807, 2.05) is 6.07 Å². The highest BCUT2D eigenvalue weighted by molar-refractivity contribution is 5.85. The topological polar surface area (TPSA) is 55.2 Å². The number of nitro groups is 1. The number of benzene rings is 1. The summed E-state index contributed by atoms with van der Waals surface area (Å²) in [5.74, 6) is 0. The molecule has 82 valence electrons. The smallest absolute Gasteiger partial charge is 0.269 e. The van der Waals surface area contributed by atoms with Crippen molar-refractivity contribution >= 4 is 18.1 Å². The van der Waals surface area contributed by atoms with Crippen LogP contribution in [-0.2, 0) is 0 Å². The lowest BCUT2D eigenvalue weighted by molar-refractivity contribution is -0.384. The summed E-state index contributed by atoms with van der Waals surface area (Å²) in [6, 6.07) is 7.17. The van der Waals surface area contributed by atoms with Gasteiger partial charge in [-0.15, -0.1) is 12.4 Å². The summed E-state index contributed by atoms with van der Waals surface area (Å²) in [6.07, 6.45) is 2.22. The molecule has 1 saturated heterocycles. The van der Waals surface area contributed by atoms with Gasteiger partial charge in [0.2, 0.25) is 0 Å². The van der Waals surface area contributed by atoms with Gasteiger partial charge in [-0.3, -0.25) is 10.1 Å². The Morgan fingerprint density at radius 2 is 2.27 bits per heavy atom. The van der Waals surface area contributed by atoms with Crippen LogP contribution in [0.15, 0.2) is 24.3 Å². The van der Waals surface area contributed by atoms with Gasteiger partial charge in [-0.05, 0) is 24.9 Å². The third-order valence-corrected chi connectivity index (χ3v) is 2.54. The second-order valence-electron chi connectivity index (χ2n) is 3.50. The lowest BCUT2D eigenvalue weighted by atomic mass is 10.1. The highest BCUT2D eigenvalue weighted by Gasteiger charge is 2.17. The van der Waals surface area contributed by atoms with Gasteiger partial charge < -0.3 is 5.32 Å². The molecule has 1 fully saturated rings. The van der Waals surface area contributed by atoms with Crippen LogP contribution in [0.3, 0.4) is 0 Å². The maximum atomic E-state index is 10.6. The molecule has 1 aliphatic heterocycles. The van der Waals surface area contributed by atoms with Gasteiger partial charge in [0, 0.05) is 18.2 Å². The highest BCUT2D eigenvalue weighted by Crippen LogP contribution is 2.25. The minimum absolute atomic E-state index is 0. The van der Waals surface area contributed by atoms with E-state index in [0.29, 0.717) is 6.04 Å². The summed E-state index contributed by atoms with van der Waals surface area (Å²) in [5.41, 5.74) is 1.20. The van der Waals surface area contributed by atoms with Crippen molar-refractivity contribution in [1.82, 2.24) is 5.32 Å². The molecule has 0 aromatic heterocycles. The normalized spacial score (nSPS) is 19.6. The maximum absolute atomic E-state index is 10.6. The van der Waals surface area contributed by atoms with Crippen LogP contribution >= 0.6 is 12.4 Å². The summed E-state index contributed by atoms with van der Waals surface area (Å²) < 4.78 is 0. The van der Waals surface area contributed by atoms with Gasteiger partial charge in [0.05, 0.1) is 4.92 Å². The molecule has 0 aliphatic carbocycles. The molecule has 1 aliphatic rings. The van der Waals surface area contributed by atoms with E-state index in [-0.39, 0.29) is 23.0 Å². The molecule has 1 aromatic rings. The number of nitrogens with zero attached hydrogens (tertiary/aromatic N) is 1. The first-order valence-corrected chi connectivity index (χ1v) is 4.75. The van der Waals surface area contributed by atoms with Crippen molar-refractivity contribution in [3.63, 3.8) is 0 Å². The summed E-state index contributed by atoms with van der Waals surface area (Å²) in [7, 11) is 0. The summed E-state index contributed by atoms with van der Waals surface area (Å²) in [6.45, 7) is 1.01. The van der Waals surface area contributed by atoms with Crippen LogP contribution in [0.2, 0.25) is 0 Å². The van der Waals surface area contributed by atoms with Gasteiger partial charge in [-0.25, -0.2) is 0 Å². The molecule has 0 spiro atoms. The van der Waals surface area contributed by atoms with Crippen molar-refractivity contribution in [3.05, 3.63) is 39.9 Å². The Morgan fingerprint density at radius 1 is 1.47 bits per heavy atom. The van der Waals surface area contributed by atoms with Crippen LogP contribution in [0.25, 0.3) is 0 Å². The molecule has 0 unspecified atom stereocenters. The fraction of sp³-hybridized carbons (Fsp3) is 0.400. The minimum Gasteiger partial charge on any atom is -0.310 e. The molecule has 1 heterocycles. The number of hydrogen-bond donors (Lipinski definition) is 1. The Bertz CT molecular complexity index is 351. The van der Waals surface area contributed by atoms with Crippen LogP contribution in [0.4, 0.5) is 5.69 Å². The Morgan fingerprint density at radius 3 is 2.87 bits per heavy atom. The van der Waals surface area contributed by atoms with Gasteiger partial charge in [0.1, 0.15) is 0 Å². The SMILES string of the molecule is Cl.O=[N+]([O-])c1cccc([C@H]2CCCN2)c1. The quantitative estimate of drug-likeness (QED) is 0.625. The monoisotopic (exact) mass is 228 g/mol. The van der Waals surface area contributed by atoms with Gasteiger partial charge in [-0.2, -0.15) is 0 Å². The van der Waals surface area contributed by atoms with Crippen LogP contribution in [-0.4, -0.2) is 11.5 Å². The van der Waals surface area contributed by atoms with Crippen molar-refractivity contribution in [3.8, 4) is 0 Å². The number of rotatable bonds is 2. The van der Waals surface area contributed by atoms with Crippen LogP contribution < -0.4 is 5.32 Å². The zero-order chi connectivity index (χ0) is 9.97. The van der Waals surface area contributed by atoms with Gasteiger partial charge in [0.15, 0.2) is 0 Å². The van der Waals surface area contributed by atoms with Gasteiger partial charge in [-0.1, -0.05) is 12.1 Å². The fourth-order valence-corrected chi connectivity index (χ4v) is 1.82. The van der Waals surface area contributed by atoms with Crippen LogP contribution in [0.5, 0.6) is 0 Å². The van der Waals surface area contributed by atoms with E-state index in [1.54, 1.807) is 12.1 Å². The Hall–Kier alpha value is -1.13. The molecule has 0 saturated carbocycles. The minimum atomic E-state index is -0.349. The highest BCUT2D eigenvalue weighted by atomic mass is 35.5. The Balaban J connectivity index is 0.00000112. The van der Waals surface area contributed by atoms with E-state index >= 15 is 0 Å². The average molecular weight is 229 g/mol. The molecule has 15 heavy (non-hydrogen) atoms. The third kappa shape index (κ3) is 2.67. The first kappa shape index (κ1) is 11.9. The second-order valence-corrected chi connectivity index (χ2v) is 3.50. The first-order chi connectivity index (χ1) is 6.77. The van der Waals surface area contributed by atoms with Crippen molar-refractivity contribution in [2.45, 2.75) is 18.9 Å². The lowest BCUT2D eigenvalue weighted by Gasteiger charge is -2.09. The number of nitro benzene ring substituents is 1. The second kappa shape index (κ2) is 5.09. The van der Waals surface area contributed by atoms with Crippen molar-refractivity contribution in [1.29, 1.82) is 0 Å². The molecule has 1 aromatic carbocycles. The first-order valence-electron chi connectivity index (χ1n) is 4.75. The molecular weight excluding hydrogens is 216 g/mol. The molecule has 4 nitrogen and oxygen atoms in total. The van der Waals surface area contributed by atoms with Crippen molar-refractivity contribution < 1.29 is 4.92 Å². The van der Waals surface area contributed by atoms with Crippen molar-refractivity contribution in [2.24, 2.45) is 0 Å². The van der Waals surface area contributed by atoms with Crippen LogP contribution in [0.1, 0.15) is 24.4 Å². The van der Waals surface area contributed by atoms with E-state index in [2.05, 4.69) is 5.32 Å². The summed E-state index contributed by atoms with van der Waals surface area (Å²) in [5, 5.41) is 13.9. The third-order valence-electron chi connectivity index (χ3n) is 2.54. The van der Waals surface area contributed by atoms with Gasteiger partial charge in [0.25, 0.3) is 5.69 Å². The molecule has 0 amide bonds. The molecule has 0 bridgehead atoms.